The van der Waals surface area contributed by atoms with Gasteiger partial charge in [0.1, 0.15) is 12.1 Å². The molecule has 2 N–H and O–H groups in total. The Labute approximate surface area is 197 Å². The van der Waals surface area contributed by atoms with E-state index in [1.165, 1.54) is 5.56 Å². The predicted molar refractivity (Wildman–Crippen MR) is 130 cm³/mol. The summed E-state index contributed by atoms with van der Waals surface area (Å²) in [4.78, 5) is 16.2. The SMILES string of the molecule is CCc1cnc(N2CCC3Nc4ncc(-c5ccc(-n6cnnn6)cc5)cc4NCC3C2)nc1. The van der Waals surface area contributed by atoms with E-state index in [1.54, 1.807) is 11.0 Å². The van der Waals surface area contributed by atoms with Crippen molar-refractivity contribution in [3.63, 3.8) is 0 Å². The molecule has 0 amide bonds. The molecule has 2 aliphatic rings. The number of hydrogen-bond acceptors (Lipinski definition) is 9. The molecule has 0 aliphatic carbocycles. The fraction of sp³-hybridized carbons (Fsp3) is 0.333. The second-order valence-electron chi connectivity index (χ2n) is 8.79. The fourth-order valence-corrected chi connectivity index (χ4v) is 4.68. The summed E-state index contributed by atoms with van der Waals surface area (Å²) in [6.45, 7) is 4.84. The minimum Gasteiger partial charge on any atom is -0.382 e. The summed E-state index contributed by atoms with van der Waals surface area (Å²) in [7, 11) is 0. The van der Waals surface area contributed by atoms with Crippen LogP contribution in [0, 0.1) is 5.92 Å². The average molecular weight is 455 g/mol. The molecule has 172 valence electrons. The number of aryl methyl sites for hydroxylation is 1. The Kier molecular flexibility index (Phi) is 5.25. The molecule has 10 heteroatoms. The van der Waals surface area contributed by atoms with Gasteiger partial charge in [0.25, 0.3) is 0 Å². The van der Waals surface area contributed by atoms with Crippen molar-refractivity contribution in [1.29, 1.82) is 0 Å². The van der Waals surface area contributed by atoms with Crippen LogP contribution in [0.15, 0.2) is 55.2 Å². The van der Waals surface area contributed by atoms with Crippen LogP contribution in [0.1, 0.15) is 18.9 Å². The second kappa shape index (κ2) is 8.69. The summed E-state index contributed by atoms with van der Waals surface area (Å²) in [6, 6.07) is 10.7. The first kappa shape index (κ1) is 20.5. The van der Waals surface area contributed by atoms with Crippen molar-refractivity contribution in [3.05, 3.63) is 60.8 Å². The molecule has 3 aromatic heterocycles. The number of anilines is 3. The third kappa shape index (κ3) is 3.91. The zero-order valence-electron chi connectivity index (χ0n) is 19.0. The molecule has 0 bridgehead atoms. The van der Waals surface area contributed by atoms with Gasteiger partial charge in [0, 0.05) is 55.7 Å². The molecule has 2 unspecified atom stereocenters. The van der Waals surface area contributed by atoms with Crippen LogP contribution in [0.4, 0.5) is 17.5 Å². The highest BCUT2D eigenvalue weighted by Gasteiger charge is 2.33. The lowest BCUT2D eigenvalue weighted by Crippen LogP contribution is -2.48. The Morgan fingerprint density at radius 3 is 2.65 bits per heavy atom. The number of fused-ring (bicyclic) bond motifs is 2. The number of nitrogens with one attached hydrogen (secondary N) is 2. The maximum absolute atomic E-state index is 4.77. The predicted octanol–water partition coefficient (Wildman–Crippen LogP) is 2.81. The third-order valence-electron chi connectivity index (χ3n) is 6.70. The summed E-state index contributed by atoms with van der Waals surface area (Å²) in [5.74, 6) is 2.16. The Morgan fingerprint density at radius 2 is 1.88 bits per heavy atom. The molecule has 2 atom stereocenters. The highest BCUT2D eigenvalue weighted by atomic mass is 15.5. The van der Waals surface area contributed by atoms with E-state index in [0.717, 1.165) is 66.7 Å². The van der Waals surface area contributed by atoms with Crippen LogP contribution in [-0.4, -0.2) is 60.8 Å². The normalized spacial score (nSPS) is 19.4. The highest BCUT2D eigenvalue weighted by molar-refractivity contribution is 5.75. The van der Waals surface area contributed by atoms with Gasteiger partial charge in [0.05, 0.1) is 11.4 Å². The highest BCUT2D eigenvalue weighted by Crippen LogP contribution is 2.33. The first-order valence-electron chi connectivity index (χ1n) is 11.7. The van der Waals surface area contributed by atoms with Gasteiger partial charge in [-0.3, -0.25) is 0 Å². The number of pyridine rings is 1. The summed E-state index contributed by atoms with van der Waals surface area (Å²) in [5, 5.41) is 18.7. The van der Waals surface area contributed by atoms with Crippen LogP contribution in [0.5, 0.6) is 0 Å². The molecule has 5 heterocycles. The molecule has 0 spiro atoms. The first-order chi connectivity index (χ1) is 16.8. The maximum Gasteiger partial charge on any atom is 0.225 e. The molecule has 6 rings (SSSR count). The smallest absolute Gasteiger partial charge is 0.225 e. The largest absolute Gasteiger partial charge is 0.382 e. The number of hydrogen-bond donors (Lipinski definition) is 2. The zero-order valence-corrected chi connectivity index (χ0v) is 19.0. The van der Waals surface area contributed by atoms with Gasteiger partial charge < -0.3 is 15.5 Å². The van der Waals surface area contributed by atoms with Crippen molar-refractivity contribution in [2.24, 2.45) is 5.92 Å². The first-order valence-corrected chi connectivity index (χ1v) is 11.7. The molecule has 0 saturated carbocycles. The monoisotopic (exact) mass is 454 g/mol. The van der Waals surface area contributed by atoms with Crippen LogP contribution in [0.25, 0.3) is 16.8 Å². The number of benzene rings is 1. The van der Waals surface area contributed by atoms with E-state index in [-0.39, 0.29) is 0 Å². The number of nitrogens with zero attached hydrogens (tertiary/aromatic N) is 8. The summed E-state index contributed by atoms with van der Waals surface area (Å²) in [6.07, 6.45) is 9.37. The van der Waals surface area contributed by atoms with Crippen LogP contribution in [-0.2, 0) is 6.42 Å². The Balaban J connectivity index is 1.18. The lowest BCUT2D eigenvalue weighted by atomic mass is 9.92. The topological polar surface area (TPSA) is 110 Å². The molecule has 2 aliphatic heterocycles. The lowest BCUT2D eigenvalue weighted by Gasteiger charge is -2.37. The van der Waals surface area contributed by atoms with Crippen molar-refractivity contribution in [2.45, 2.75) is 25.8 Å². The van der Waals surface area contributed by atoms with E-state index in [2.05, 4.69) is 66.1 Å². The minimum atomic E-state index is 0.369. The number of tetrazole rings is 1. The van der Waals surface area contributed by atoms with Gasteiger partial charge in [-0.2, -0.15) is 0 Å². The van der Waals surface area contributed by atoms with E-state index in [4.69, 9.17) is 4.98 Å². The van der Waals surface area contributed by atoms with E-state index in [9.17, 15) is 0 Å². The van der Waals surface area contributed by atoms with Gasteiger partial charge in [-0.15, -0.1) is 5.10 Å². The van der Waals surface area contributed by atoms with Gasteiger partial charge in [-0.25, -0.2) is 19.6 Å². The summed E-state index contributed by atoms with van der Waals surface area (Å²) in [5.41, 5.74) is 5.27. The van der Waals surface area contributed by atoms with Gasteiger partial charge >= 0.3 is 0 Å². The molecule has 1 aromatic carbocycles. The molecule has 0 radical (unpaired) electrons. The van der Waals surface area contributed by atoms with Gasteiger partial charge in [0.15, 0.2) is 0 Å². The Morgan fingerprint density at radius 1 is 1.03 bits per heavy atom. The van der Waals surface area contributed by atoms with Crippen LogP contribution in [0.2, 0.25) is 0 Å². The molecule has 1 fully saturated rings. The molecular formula is C24H26N10. The second-order valence-corrected chi connectivity index (χ2v) is 8.79. The number of rotatable bonds is 4. The van der Waals surface area contributed by atoms with Crippen molar-refractivity contribution in [3.8, 4) is 16.8 Å². The van der Waals surface area contributed by atoms with Crippen molar-refractivity contribution in [1.82, 2.24) is 35.2 Å². The van der Waals surface area contributed by atoms with E-state index < -0.39 is 0 Å². The summed E-state index contributed by atoms with van der Waals surface area (Å²) >= 11 is 0. The van der Waals surface area contributed by atoms with Crippen molar-refractivity contribution in [2.75, 3.05) is 35.2 Å². The Bertz CT molecular complexity index is 1250. The lowest BCUT2D eigenvalue weighted by molar-refractivity contribution is 0.391. The van der Waals surface area contributed by atoms with Crippen LogP contribution >= 0.6 is 0 Å². The van der Waals surface area contributed by atoms with Crippen LogP contribution < -0.4 is 15.5 Å². The van der Waals surface area contributed by atoms with Crippen LogP contribution in [0.3, 0.4) is 0 Å². The minimum absolute atomic E-state index is 0.369. The molecule has 4 aromatic rings. The van der Waals surface area contributed by atoms with E-state index in [1.807, 2.05) is 30.7 Å². The fourth-order valence-electron chi connectivity index (χ4n) is 4.68. The summed E-state index contributed by atoms with van der Waals surface area (Å²) < 4.78 is 1.64. The molecule has 10 nitrogen and oxygen atoms in total. The van der Waals surface area contributed by atoms with Gasteiger partial charge in [0.2, 0.25) is 5.95 Å². The molecule has 34 heavy (non-hydrogen) atoms. The average Bonchev–Trinajstić information content (AvgIpc) is 3.37. The standard InChI is InChI=1S/C24H26N10/c1-2-16-10-27-24(28-11-16)33-8-7-21-19(14-33)13-25-22-9-18(12-26-23(22)30-21)17-3-5-20(6-4-17)34-15-29-31-32-34/h3-6,9-12,15,19,21,25H,2,7-8,13-14H2,1H3,(H,26,30). The number of aromatic nitrogens is 7. The van der Waals surface area contributed by atoms with Crippen molar-refractivity contribution >= 4 is 17.5 Å². The third-order valence-corrected chi connectivity index (χ3v) is 6.70. The van der Waals surface area contributed by atoms with E-state index in [0.29, 0.717) is 12.0 Å². The maximum atomic E-state index is 4.77. The van der Waals surface area contributed by atoms with Gasteiger partial charge in [-0.05, 0) is 52.6 Å². The van der Waals surface area contributed by atoms with E-state index >= 15 is 0 Å². The molecule has 1 saturated heterocycles. The Hall–Kier alpha value is -4.08. The molecular weight excluding hydrogens is 428 g/mol. The zero-order chi connectivity index (χ0) is 22.9. The van der Waals surface area contributed by atoms with Crippen molar-refractivity contribution < 1.29 is 0 Å². The quantitative estimate of drug-likeness (QED) is 0.481. The number of piperidine rings is 1. The van der Waals surface area contributed by atoms with Gasteiger partial charge in [-0.1, -0.05) is 19.1 Å².